The van der Waals surface area contributed by atoms with Gasteiger partial charge in [-0.3, -0.25) is 9.80 Å². The number of hydrogen-bond acceptors (Lipinski definition) is 5. The zero-order valence-electron chi connectivity index (χ0n) is 11.0. The lowest BCUT2D eigenvalue weighted by Crippen LogP contribution is -2.33. The minimum atomic E-state index is -0.452. The van der Waals surface area contributed by atoms with E-state index in [1.54, 1.807) is 11.9 Å². The van der Waals surface area contributed by atoms with Crippen molar-refractivity contribution in [3.8, 4) is 0 Å². The summed E-state index contributed by atoms with van der Waals surface area (Å²) < 4.78 is 4.93. The first kappa shape index (κ1) is 13.3. The zero-order chi connectivity index (χ0) is 13.8. The maximum atomic E-state index is 11.7. The molecule has 1 aromatic rings. The van der Waals surface area contributed by atoms with Crippen LogP contribution < -0.4 is 5.01 Å². The number of anilines is 1. The van der Waals surface area contributed by atoms with Crippen LogP contribution in [0.25, 0.3) is 0 Å². The molecular formula is C14H16N2O3. The second-order valence-electron chi connectivity index (χ2n) is 4.28. The third kappa shape index (κ3) is 2.81. The number of benzene rings is 1. The Morgan fingerprint density at radius 2 is 2.05 bits per heavy atom. The molecule has 5 nitrogen and oxygen atoms in total. The molecule has 0 spiro atoms. The molecule has 1 aliphatic heterocycles. The van der Waals surface area contributed by atoms with Crippen LogP contribution in [0.4, 0.5) is 5.69 Å². The highest BCUT2D eigenvalue weighted by Crippen LogP contribution is 2.25. The number of nitrogens with zero attached hydrogens (tertiary/aromatic N) is 2. The number of ether oxygens (including phenoxy) is 1. The van der Waals surface area contributed by atoms with E-state index < -0.39 is 12.0 Å². The Morgan fingerprint density at radius 1 is 1.37 bits per heavy atom. The summed E-state index contributed by atoms with van der Waals surface area (Å²) in [6.07, 6.45) is 0.295. The minimum absolute atomic E-state index is 0.0214. The molecule has 0 radical (unpaired) electrons. The molecule has 100 valence electrons. The summed E-state index contributed by atoms with van der Waals surface area (Å²) in [5, 5.41) is 5.83. The molecule has 0 fully saturated rings. The lowest BCUT2D eigenvalue weighted by atomic mass is 10.1. The van der Waals surface area contributed by atoms with Crippen molar-refractivity contribution in [3.63, 3.8) is 0 Å². The molecule has 1 heterocycles. The monoisotopic (exact) mass is 260 g/mol. The fourth-order valence-electron chi connectivity index (χ4n) is 1.98. The maximum absolute atomic E-state index is 11.7. The average molecular weight is 260 g/mol. The van der Waals surface area contributed by atoms with Crippen LogP contribution in [0.3, 0.4) is 0 Å². The van der Waals surface area contributed by atoms with Crippen molar-refractivity contribution in [1.29, 1.82) is 0 Å². The quantitative estimate of drug-likeness (QED) is 0.774. The van der Waals surface area contributed by atoms with Crippen molar-refractivity contribution in [2.75, 3.05) is 11.6 Å². The van der Waals surface area contributed by atoms with Crippen LogP contribution in [-0.4, -0.2) is 30.1 Å². The van der Waals surface area contributed by atoms with E-state index in [0.29, 0.717) is 18.7 Å². The maximum Gasteiger partial charge on any atom is 0.354 e. The van der Waals surface area contributed by atoms with Crippen molar-refractivity contribution in [3.05, 3.63) is 30.3 Å². The number of carbonyl (C=O) groups excluding carboxylic acids is 2. The van der Waals surface area contributed by atoms with Gasteiger partial charge in [-0.15, -0.1) is 0 Å². The summed E-state index contributed by atoms with van der Waals surface area (Å²) in [5.41, 5.74) is 1.09. The summed E-state index contributed by atoms with van der Waals surface area (Å²) >= 11 is 0. The highest BCUT2D eigenvalue weighted by molar-refractivity contribution is 6.38. The molecule has 0 amide bonds. The highest BCUT2D eigenvalue weighted by Gasteiger charge is 2.34. The van der Waals surface area contributed by atoms with Gasteiger partial charge < -0.3 is 4.74 Å². The molecule has 0 saturated carbocycles. The summed E-state index contributed by atoms with van der Waals surface area (Å²) in [5.74, 6) is -0.473. The van der Waals surface area contributed by atoms with Crippen LogP contribution in [0.2, 0.25) is 0 Å². The highest BCUT2D eigenvalue weighted by atomic mass is 16.5. The van der Waals surface area contributed by atoms with Crippen LogP contribution in [0.1, 0.15) is 20.3 Å². The number of esters is 1. The van der Waals surface area contributed by atoms with Gasteiger partial charge in [-0.1, -0.05) is 18.2 Å². The molecule has 0 N–H and O–H groups in total. The van der Waals surface area contributed by atoms with Crippen molar-refractivity contribution in [2.45, 2.75) is 26.3 Å². The fraction of sp³-hybridized carbons (Fsp3) is 0.357. The summed E-state index contributed by atoms with van der Waals surface area (Å²) in [6, 6.07) is 8.90. The Hall–Kier alpha value is -2.17. The number of Topliss-reactive ketones (excluding diaryl/α,β-unsaturated/α-hetero) is 1. The molecular weight excluding hydrogens is 244 g/mol. The number of rotatable bonds is 4. The Labute approximate surface area is 111 Å². The van der Waals surface area contributed by atoms with Gasteiger partial charge in [-0.25, -0.2) is 4.79 Å². The average Bonchev–Trinajstić information content (AvgIpc) is 2.85. The van der Waals surface area contributed by atoms with Gasteiger partial charge in [0.05, 0.1) is 12.3 Å². The fourth-order valence-corrected chi connectivity index (χ4v) is 1.98. The smallest absolute Gasteiger partial charge is 0.354 e. The molecule has 1 aliphatic rings. The first-order valence-electron chi connectivity index (χ1n) is 6.22. The van der Waals surface area contributed by atoms with Crippen LogP contribution >= 0.6 is 0 Å². The first-order chi connectivity index (χ1) is 9.13. The topological polar surface area (TPSA) is 59.0 Å². The first-order valence-corrected chi connectivity index (χ1v) is 6.22. The molecule has 1 atom stereocenters. The number of hydrazone groups is 1. The standard InChI is InChI=1S/C14H16N2O3/c1-3-19-14(18)12-9-13(10(2)17)16(15-12)11-7-5-4-6-8-11/h4-8,13H,3,9H2,1-2H3. The molecule has 19 heavy (non-hydrogen) atoms. The van der Waals surface area contributed by atoms with E-state index in [0.717, 1.165) is 5.69 Å². The number of carbonyl (C=O) groups is 2. The van der Waals surface area contributed by atoms with Crippen molar-refractivity contribution < 1.29 is 14.3 Å². The number of ketones is 1. The van der Waals surface area contributed by atoms with E-state index >= 15 is 0 Å². The normalized spacial score (nSPS) is 18.1. The van der Waals surface area contributed by atoms with Crippen LogP contribution in [0.15, 0.2) is 35.4 Å². The Bertz CT molecular complexity index is 511. The van der Waals surface area contributed by atoms with Crippen molar-refractivity contribution in [1.82, 2.24) is 0 Å². The number of hydrogen-bond donors (Lipinski definition) is 0. The summed E-state index contributed by atoms with van der Waals surface area (Å²) in [7, 11) is 0. The van der Waals surface area contributed by atoms with Gasteiger partial charge in [-0.05, 0) is 26.0 Å². The third-order valence-electron chi connectivity index (χ3n) is 2.91. The van der Waals surface area contributed by atoms with Gasteiger partial charge in [0, 0.05) is 6.42 Å². The summed E-state index contributed by atoms with van der Waals surface area (Å²) in [6.45, 7) is 3.54. The van der Waals surface area contributed by atoms with Gasteiger partial charge in [-0.2, -0.15) is 5.10 Å². The van der Waals surface area contributed by atoms with E-state index in [4.69, 9.17) is 4.74 Å². The molecule has 5 heteroatoms. The Kier molecular flexibility index (Phi) is 3.94. The lowest BCUT2D eigenvalue weighted by Gasteiger charge is -2.20. The second-order valence-corrected chi connectivity index (χ2v) is 4.28. The van der Waals surface area contributed by atoms with Gasteiger partial charge in [0.2, 0.25) is 0 Å². The zero-order valence-corrected chi connectivity index (χ0v) is 11.0. The summed E-state index contributed by atoms with van der Waals surface area (Å²) in [4.78, 5) is 23.4. The molecule has 0 bridgehead atoms. The third-order valence-corrected chi connectivity index (χ3v) is 2.91. The SMILES string of the molecule is CCOC(=O)C1=NN(c2ccccc2)C(C(C)=O)C1. The molecule has 1 unspecified atom stereocenters. The second kappa shape index (κ2) is 5.65. The lowest BCUT2D eigenvalue weighted by molar-refractivity contribution is -0.135. The van der Waals surface area contributed by atoms with Gasteiger partial charge in [0.1, 0.15) is 11.8 Å². The largest absolute Gasteiger partial charge is 0.461 e. The molecule has 0 saturated heterocycles. The molecule has 0 aliphatic carbocycles. The Morgan fingerprint density at radius 3 is 2.63 bits per heavy atom. The molecule has 1 aromatic carbocycles. The van der Waals surface area contributed by atoms with E-state index in [2.05, 4.69) is 5.10 Å². The van der Waals surface area contributed by atoms with Crippen LogP contribution in [-0.2, 0) is 14.3 Å². The molecule has 2 rings (SSSR count). The van der Waals surface area contributed by atoms with Crippen LogP contribution in [0.5, 0.6) is 0 Å². The Balaban J connectivity index is 2.28. The van der Waals surface area contributed by atoms with Gasteiger partial charge in [0.25, 0.3) is 0 Å². The van der Waals surface area contributed by atoms with Gasteiger partial charge in [0.15, 0.2) is 5.78 Å². The van der Waals surface area contributed by atoms with E-state index in [1.807, 2.05) is 30.3 Å². The van der Waals surface area contributed by atoms with Crippen molar-refractivity contribution >= 4 is 23.2 Å². The van der Waals surface area contributed by atoms with Gasteiger partial charge >= 0.3 is 5.97 Å². The number of para-hydroxylation sites is 1. The van der Waals surface area contributed by atoms with E-state index in [-0.39, 0.29) is 5.78 Å². The van der Waals surface area contributed by atoms with E-state index in [1.165, 1.54) is 6.92 Å². The molecule has 0 aromatic heterocycles. The predicted molar refractivity (Wildman–Crippen MR) is 72.1 cm³/mol. The predicted octanol–water partition coefficient (Wildman–Crippen LogP) is 1.77. The van der Waals surface area contributed by atoms with E-state index in [9.17, 15) is 9.59 Å². The van der Waals surface area contributed by atoms with Crippen LogP contribution in [0, 0.1) is 0 Å². The van der Waals surface area contributed by atoms with Crippen molar-refractivity contribution in [2.24, 2.45) is 5.10 Å². The minimum Gasteiger partial charge on any atom is -0.461 e.